The van der Waals surface area contributed by atoms with Gasteiger partial charge in [0, 0.05) is 0 Å². The van der Waals surface area contributed by atoms with Crippen molar-refractivity contribution >= 4 is 0 Å². The molecular weight excluding hydrogens is 283 g/mol. The molecule has 0 aliphatic rings. The van der Waals surface area contributed by atoms with E-state index < -0.39 is 17.1 Å². The maximum Gasteiger partial charge on any atom is -0.870 e. The van der Waals surface area contributed by atoms with E-state index in [2.05, 4.69) is 0 Å². The maximum atomic E-state index is 4.87. The van der Waals surface area contributed by atoms with Crippen LogP contribution in [0.4, 0.5) is 0 Å². The van der Waals surface area contributed by atoms with Gasteiger partial charge in [-0.1, -0.05) is 0 Å². The Balaban J connectivity index is -0.0000000800. The molecule has 52 valence electrons. The van der Waals surface area contributed by atoms with Crippen LogP contribution >= 0.6 is 0 Å². The molecule has 0 saturated carbocycles. The van der Waals surface area contributed by atoms with Gasteiger partial charge in [-0.2, -0.15) is 0 Å². The molecule has 6 nitrogen and oxygen atoms in total. The first-order chi connectivity index (χ1) is 2.00. The average molecular weight is 293 g/mol. The molecule has 0 heterocycles. The van der Waals surface area contributed by atoms with Gasteiger partial charge in [0.25, 0.3) is 0 Å². The van der Waals surface area contributed by atoms with Crippen LogP contribution in [-0.4, -0.2) is 11.0 Å². The molecule has 7 heavy (non-hydrogen) atoms. The molecule has 0 fully saturated rings. The number of rotatable bonds is 0. The van der Waals surface area contributed by atoms with E-state index in [4.69, 9.17) is 17.2 Å². The van der Waals surface area contributed by atoms with Crippen molar-refractivity contribution in [1.82, 2.24) is 0 Å². The van der Waals surface area contributed by atoms with Gasteiger partial charge in [0.05, 0.1) is 0 Å². The summed E-state index contributed by atoms with van der Waals surface area (Å²) in [6.45, 7) is 0. The molecule has 0 unspecified atom stereocenters. The molecule has 0 saturated heterocycles. The molecule has 0 radical (unpaired) electrons. The summed E-state index contributed by atoms with van der Waals surface area (Å²) in [5.41, 5.74) is 0. The first-order valence-corrected chi connectivity index (χ1v) is 5.98. The topological polar surface area (TPSA) is 164 Å². The zero-order chi connectivity index (χ0) is 4.50. The normalized spacial score (nSPS) is 10.9. The Morgan fingerprint density at radius 2 is 0.714 bits per heavy atom. The SMILES string of the molecule is [NH2][Pt+2]([NH2])([NH2])[NH2].[OH-].[OH-]. The number of hydrogen-bond donors (Lipinski definition) is 4. The monoisotopic (exact) mass is 293 g/mol. The average Bonchev–Trinajstić information content (AvgIpc) is 0.722. The van der Waals surface area contributed by atoms with Crippen molar-refractivity contribution in [3.8, 4) is 0 Å². The van der Waals surface area contributed by atoms with Crippen LogP contribution in [0, 0.1) is 0 Å². The molecule has 0 spiro atoms. The second-order valence-corrected chi connectivity index (χ2v) is 5.18. The Kier molecular flexibility index (Phi) is 10.3. The fourth-order valence-corrected chi connectivity index (χ4v) is 0. The van der Waals surface area contributed by atoms with Crippen molar-refractivity contribution < 1.29 is 28.0 Å². The minimum atomic E-state index is -2.94. The minimum absolute atomic E-state index is 0. The molecule has 0 rings (SSSR count). The largest absolute Gasteiger partial charge is 0.870 e. The predicted molar refractivity (Wildman–Crippen MR) is 20.6 cm³/mol. The molecule has 0 amide bonds. The van der Waals surface area contributed by atoms with Gasteiger partial charge in [-0.25, -0.2) is 0 Å². The Hall–Kier alpha value is 0.448. The van der Waals surface area contributed by atoms with Gasteiger partial charge in [0.1, 0.15) is 0 Å². The van der Waals surface area contributed by atoms with Crippen LogP contribution in [-0.2, 0) is 17.1 Å². The van der Waals surface area contributed by atoms with E-state index in [0.717, 1.165) is 0 Å². The first-order valence-electron chi connectivity index (χ1n) is 0.730. The van der Waals surface area contributed by atoms with Crippen molar-refractivity contribution in [3.05, 3.63) is 0 Å². The van der Waals surface area contributed by atoms with Crippen LogP contribution in [0.3, 0.4) is 0 Å². The Bertz CT molecular complexity index is 25.2. The number of hydrogen-bond acceptors (Lipinski definition) is 6. The standard InChI is InChI=1S/4H2N.2H2O.Pt/h6*1H2;/q4*-1;;;+6/p-2. The second-order valence-electron chi connectivity index (χ2n) is 0.632. The summed E-state index contributed by atoms with van der Waals surface area (Å²) in [5, 5.41) is 0. The van der Waals surface area contributed by atoms with Crippen LogP contribution in [0.1, 0.15) is 0 Å². The summed E-state index contributed by atoms with van der Waals surface area (Å²) >= 11 is -2.94. The summed E-state index contributed by atoms with van der Waals surface area (Å²) in [4.78, 5) is 0. The molecular formula is H10N4O2Pt. The fourth-order valence-electron chi connectivity index (χ4n) is 0. The predicted octanol–water partition coefficient (Wildman–Crippen LogP) is -2.72. The minimum Gasteiger partial charge on any atom is -0.870 e. The van der Waals surface area contributed by atoms with Crippen LogP contribution in [0.25, 0.3) is 0 Å². The zero-order valence-electron chi connectivity index (χ0n) is 3.52. The van der Waals surface area contributed by atoms with Gasteiger partial charge >= 0.3 is 34.2 Å². The summed E-state index contributed by atoms with van der Waals surface area (Å²) in [7, 11) is 0. The van der Waals surface area contributed by atoms with E-state index >= 15 is 0 Å². The third-order valence-corrected chi connectivity index (χ3v) is 0. The summed E-state index contributed by atoms with van der Waals surface area (Å²) in [5.74, 6) is 0. The fraction of sp³-hybridized carbons (Fsp3) is 0. The molecule has 0 aromatic rings. The molecule has 0 aromatic heterocycles. The molecule has 0 aliphatic carbocycles. The van der Waals surface area contributed by atoms with E-state index in [0.29, 0.717) is 0 Å². The van der Waals surface area contributed by atoms with Crippen molar-refractivity contribution in [1.29, 1.82) is 0 Å². The molecule has 0 aliphatic heterocycles. The third kappa shape index (κ3) is 635. The van der Waals surface area contributed by atoms with Gasteiger partial charge in [0.2, 0.25) is 0 Å². The van der Waals surface area contributed by atoms with Crippen LogP contribution in [0.15, 0.2) is 0 Å². The first kappa shape index (κ1) is 15.7. The molecule has 10 N–H and O–H groups in total. The Morgan fingerprint density at radius 3 is 0.714 bits per heavy atom. The van der Waals surface area contributed by atoms with E-state index in [1.54, 1.807) is 0 Å². The van der Waals surface area contributed by atoms with Crippen LogP contribution in [0.5, 0.6) is 0 Å². The van der Waals surface area contributed by atoms with E-state index in [9.17, 15) is 0 Å². The quantitative estimate of drug-likeness (QED) is 0.379. The molecule has 0 aromatic carbocycles. The van der Waals surface area contributed by atoms with Crippen molar-refractivity contribution in [2.75, 3.05) is 0 Å². The van der Waals surface area contributed by atoms with Crippen molar-refractivity contribution in [3.63, 3.8) is 0 Å². The van der Waals surface area contributed by atoms with Gasteiger partial charge in [-0.3, -0.25) is 0 Å². The summed E-state index contributed by atoms with van der Waals surface area (Å²) < 4.78 is 19.5. The maximum absolute atomic E-state index is 4.87. The van der Waals surface area contributed by atoms with Crippen molar-refractivity contribution in [2.45, 2.75) is 0 Å². The van der Waals surface area contributed by atoms with Crippen LogP contribution in [0.2, 0.25) is 0 Å². The summed E-state index contributed by atoms with van der Waals surface area (Å²) in [6, 6.07) is 0. The van der Waals surface area contributed by atoms with E-state index in [1.165, 1.54) is 0 Å². The molecule has 7 heteroatoms. The van der Waals surface area contributed by atoms with Gasteiger partial charge < -0.3 is 11.0 Å². The van der Waals surface area contributed by atoms with Crippen LogP contribution < -0.4 is 17.2 Å². The Labute approximate surface area is 45.8 Å². The van der Waals surface area contributed by atoms with Gasteiger partial charge in [-0.15, -0.1) is 0 Å². The van der Waals surface area contributed by atoms with Crippen molar-refractivity contribution in [2.24, 2.45) is 17.2 Å². The van der Waals surface area contributed by atoms with E-state index in [-0.39, 0.29) is 11.0 Å². The zero-order valence-corrected chi connectivity index (χ0v) is 5.79. The van der Waals surface area contributed by atoms with Gasteiger partial charge in [0.15, 0.2) is 0 Å². The second kappa shape index (κ2) is 4.60. The van der Waals surface area contributed by atoms with E-state index in [1.807, 2.05) is 0 Å². The Morgan fingerprint density at radius 1 is 0.714 bits per heavy atom. The molecule has 0 atom stereocenters. The smallest absolute Gasteiger partial charge is 0.870 e. The van der Waals surface area contributed by atoms with Gasteiger partial charge in [-0.05, 0) is 0 Å². The number of nitrogens with two attached hydrogens (primary N) is 4. The third-order valence-electron chi connectivity index (χ3n) is 0. The molecule has 0 bridgehead atoms. The summed E-state index contributed by atoms with van der Waals surface area (Å²) in [6.07, 6.45) is 0.